The molecule has 1 aromatic rings. The molecule has 1 aliphatic heterocycles. The molecule has 0 amide bonds. The first-order valence-electron chi connectivity index (χ1n) is 6.19. The topological polar surface area (TPSA) is 28.2 Å². The Labute approximate surface area is 102 Å². The fourth-order valence-electron chi connectivity index (χ4n) is 2.30. The maximum Gasteiger partial charge on any atom is 0.107 e. The molecule has 16 heavy (non-hydrogen) atoms. The van der Waals surface area contributed by atoms with Gasteiger partial charge in [0.15, 0.2) is 0 Å². The van der Waals surface area contributed by atoms with Gasteiger partial charge in [0.1, 0.15) is 5.01 Å². The summed E-state index contributed by atoms with van der Waals surface area (Å²) in [5.74, 6) is 0. The van der Waals surface area contributed by atoms with Crippen molar-refractivity contribution in [1.82, 2.24) is 15.2 Å². The minimum absolute atomic E-state index is 0.655. The zero-order chi connectivity index (χ0) is 11.4. The van der Waals surface area contributed by atoms with Crippen molar-refractivity contribution in [2.75, 3.05) is 13.1 Å². The molecule has 1 N–H and O–H groups in total. The van der Waals surface area contributed by atoms with Gasteiger partial charge in [-0.15, -0.1) is 11.3 Å². The zero-order valence-electron chi connectivity index (χ0n) is 10.1. The molecule has 3 nitrogen and oxygen atoms in total. The van der Waals surface area contributed by atoms with Crippen LogP contribution in [0.1, 0.15) is 31.7 Å². The van der Waals surface area contributed by atoms with E-state index in [9.17, 15) is 0 Å². The van der Waals surface area contributed by atoms with Gasteiger partial charge in [-0.1, -0.05) is 13.8 Å². The number of nitrogens with one attached hydrogen (secondary N) is 1. The number of nitrogens with zero attached hydrogens (tertiary/aromatic N) is 2. The van der Waals surface area contributed by atoms with Crippen molar-refractivity contribution in [3.8, 4) is 0 Å². The second-order valence-corrected chi connectivity index (χ2v) is 5.41. The van der Waals surface area contributed by atoms with E-state index in [1.807, 2.05) is 6.20 Å². The number of thiazole rings is 1. The van der Waals surface area contributed by atoms with E-state index in [0.717, 1.165) is 19.6 Å². The van der Waals surface area contributed by atoms with Crippen LogP contribution in [-0.4, -0.2) is 35.1 Å². The number of rotatable bonds is 4. The normalized spacial score (nSPS) is 27.1. The van der Waals surface area contributed by atoms with Gasteiger partial charge in [-0.3, -0.25) is 4.90 Å². The molecule has 4 heteroatoms. The Morgan fingerprint density at radius 2 is 2.38 bits per heavy atom. The van der Waals surface area contributed by atoms with E-state index in [-0.39, 0.29) is 0 Å². The molecule has 0 aliphatic carbocycles. The Hall–Kier alpha value is -0.450. The molecule has 2 rings (SSSR count). The monoisotopic (exact) mass is 239 g/mol. The van der Waals surface area contributed by atoms with Gasteiger partial charge in [0, 0.05) is 36.8 Å². The van der Waals surface area contributed by atoms with Crippen LogP contribution in [0.2, 0.25) is 0 Å². The molecular formula is C12H21N3S. The van der Waals surface area contributed by atoms with Crippen LogP contribution in [0.25, 0.3) is 0 Å². The highest BCUT2D eigenvalue weighted by molar-refractivity contribution is 7.09. The summed E-state index contributed by atoms with van der Waals surface area (Å²) in [6.07, 6.45) is 4.33. The van der Waals surface area contributed by atoms with Crippen molar-refractivity contribution in [1.29, 1.82) is 0 Å². The maximum absolute atomic E-state index is 4.39. The quantitative estimate of drug-likeness (QED) is 0.872. The Bertz CT molecular complexity index is 299. The van der Waals surface area contributed by atoms with Crippen LogP contribution in [-0.2, 0) is 6.54 Å². The average Bonchev–Trinajstić information content (AvgIpc) is 2.82. The molecule has 1 aromatic heterocycles. The van der Waals surface area contributed by atoms with Gasteiger partial charge in [-0.25, -0.2) is 4.98 Å². The third-order valence-electron chi connectivity index (χ3n) is 3.40. The van der Waals surface area contributed by atoms with E-state index in [1.54, 1.807) is 11.3 Å². The predicted octanol–water partition coefficient (Wildman–Crippen LogP) is 2.11. The number of piperazine rings is 1. The summed E-state index contributed by atoms with van der Waals surface area (Å²) < 4.78 is 0. The molecule has 1 aliphatic rings. The lowest BCUT2D eigenvalue weighted by molar-refractivity contribution is 0.117. The van der Waals surface area contributed by atoms with Crippen LogP contribution in [0.4, 0.5) is 0 Å². The largest absolute Gasteiger partial charge is 0.311 e. The molecular weight excluding hydrogens is 218 g/mol. The second kappa shape index (κ2) is 5.75. The van der Waals surface area contributed by atoms with Crippen molar-refractivity contribution in [3.05, 3.63) is 16.6 Å². The Kier molecular flexibility index (Phi) is 4.32. The van der Waals surface area contributed by atoms with Gasteiger partial charge in [0.25, 0.3) is 0 Å². The van der Waals surface area contributed by atoms with Gasteiger partial charge in [-0.05, 0) is 12.8 Å². The molecule has 0 aromatic carbocycles. The summed E-state index contributed by atoms with van der Waals surface area (Å²) in [4.78, 5) is 6.97. The highest BCUT2D eigenvalue weighted by Crippen LogP contribution is 2.16. The van der Waals surface area contributed by atoms with Crippen molar-refractivity contribution >= 4 is 11.3 Å². The molecule has 0 saturated carbocycles. The van der Waals surface area contributed by atoms with Crippen molar-refractivity contribution in [2.24, 2.45) is 0 Å². The SMILES string of the molecule is CCC1CN(Cc2nccs2)C(CC)CN1. The molecule has 0 spiro atoms. The third kappa shape index (κ3) is 2.81. The molecule has 2 heterocycles. The predicted molar refractivity (Wildman–Crippen MR) is 68.7 cm³/mol. The standard InChI is InChI=1S/C12H21N3S/c1-3-10-8-15(11(4-2)7-14-10)9-12-13-5-6-16-12/h5-6,10-11,14H,3-4,7-9H2,1-2H3. The summed E-state index contributed by atoms with van der Waals surface area (Å²) in [6, 6.07) is 1.33. The van der Waals surface area contributed by atoms with E-state index < -0.39 is 0 Å². The van der Waals surface area contributed by atoms with E-state index in [0.29, 0.717) is 12.1 Å². The molecule has 1 saturated heterocycles. The summed E-state index contributed by atoms with van der Waals surface area (Å²) in [6.45, 7) is 7.84. The smallest absolute Gasteiger partial charge is 0.107 e. The summed E-state index contributed by atoms with van der Waals surface area (Å²) in [5, 5.41) is 6.93. The molecule has 0 bridgehead atoms. The number of hydrogen-bond donors (Lipinski definition) is 1. The fraction of sp³-hybridized carbons (Fsp3) is 0.750. The summed E-state index contributed by atoms with van der Waals surface area (Å²) in [7, 11) is 0. The van der Waals surface area contributed by atoms with Gasteiger partial charge in [0.05, 0.1) is 6.54 Å². The van der Waals surface area contributed by atoms with E-state index >= 15 is 0 Å². The molecule has 2 unspecified atom stereocenters. The van der Waals surface area contributed by atoms with Gasteiger partial charge in [-0.2, -0.15) is 0 Å². The maximum atomic E-state index is 4.39. The van der Waals surface area contributed by atoms with Crippen LogP contribution < -0.4 is 5.32 Å². The van der Waals surface area contributed by atoms with Crippen LogP contribution in [0.3, 0.4) is 0 Å². The first kappa shape index (κ1) is 12.0. The van der Waals surface area contributed by atoms with Crippen LogP contribution in [0, 0.1) is 0 Å². The minimum Gasteiger partial charge on any atom is -0.311 e. The summed E-state index contributed by atoms with van der Waals surface area (Å²) in [5.41, 5.74) is 0. The molecule has 0 radical (unpaired) electrons. The Morgan fingerprint density at radius 1 is 1.50 bits per heavy atom. The van der Waals surface area contributed by atoms with Crippen LogP contribution in [0.15, 0.2) is 11.6 Å². The van der Waals surface area contributed by atoms with Crippen LogP contribution >= 0.6 is 11.3 Å². The lowest BCUT2D eigenvalue weighted by atomic mass is 10.1. The third-order valence-corrected chi connectivity index (χ3v) is 4.16. The molecule has 2 atom stereocenters. The van der Waals surface area contributed by atoms with Gasteiger partial charge < -0.3 is 5.32 Å². The summed E-state index contributed by atoms with van der Waals surface area (Å²) >= 11 is 1.76. The highest BCUT2D eigenvalue weighted by atomic mass is 32.1. The lowest BCUT2D eigenvalue weighted by Gasteiger charge is -2.39. The van der Waals surface area contributed by atoms with Crippen LogP contribution in [0.5, 0.6) is 0 Å². The van der Waals surface area contributed by atoms with E-state index in [1.165, 1.54) is 17.8 Å². The second-order valence-electron chi connectivity index (χ2n) is 4.43. The fourth-order valence-corrected chi connectivity index (χ4v) is 2.94. The van der Waals surface area contributed by atoms with E-state index in [2.05, 4.69) is 34.4 Å². The highest BCUT2D eigenvalue weighted by Gasteiger charge is 2.26. The minimum atomic E-state index is 0.655. The zero-order valence-corrected chi connectivity index (χ0v) is 11.0. The lowest BCUT2D eigenvalue weighted by Crippen LogP contribution is -2.55. The number of aromatic nitrogens is 1. The molecule has 90 valence electrons. The van der Waals surface area contributed by atoms with Gasteiger partial charge >= 0.3 is 0 Å². The van der Waals surface area contributed by atoms with Crippen molar-refractivity contribution in [2.45, 2.75) is 45.3 Å². The first-order valence-corrected chi connectivity index (χ1v) is 7.07. The van der Waals surface area contributed by atoms with Crippen molar-refractivity contribution in [3.63, 3.8) is 0 Å². The van der Waals surface area contributed by atoms with E-state index in [4.69, 9.17) is 0 Å². The Balaban J connectivity index is 1.97. The first-order chi connectivity index (χ1) is 7.83. The molecule has 1 fully saturated rings. The van der Waals surface area contributed by atoms with Gasteiger partial charge in [0.2, 0.25) is 0 Å². The number of hydrogen-bond acceptors (Lipinski definition) is 4. The average molecular weight is 239 g/mol. The Morgan fingerprint density at radius 3 is 3.00 bits per heavy atom. The van der Waals surface area contributed by atoms with Crippen molar-refractivity contribution < 1.29 is 0 Å².